The molecule has 142 valence electrons. The molecular weight excluding hydrogens is 362 g/mol. The number of esters is 2. The van der Waals surface area contributed by atoms with Crippen LogP contribution in [0.2, 0.25) is 0 Å². The van der Waals surface area contributed by atoms with Crippen LogP contribution in [0.3, 0.4) is 0 Å². The summed E-state index contributed by atoms with van der Waals surface area (Å²) in [7, 11) is 0. The summed E-state index contributed by atoms with van der Waals surface area (Å²) in [6.07, 6.45) is -1.17. The number of nitrogens with one attached hydrogen (secondary N) is 1. The quantitative estimate of drug-likeness (QED) is 0.652. The zero-order valence-electron chi connectivity index (χ0n) is 14.7. The lowest BCUT2D eigenvalue weighted by Gasteiger charge is -2.19. The molecule has 1 heterocycles. The van der Waals surface area contributed by atoms with Crippen molar-refractivity contribution in [2.24, 2.45) is 0 Å². The lowest BCUT2D eigenvalue weighted by Crippen LogP contribution is -2.47. The normalized spacial score (nSPS) is 21.0. The third-order valence-corrected chi connectivity index (χ3v) is 4.98. The van der Waals surface area contributed by atoms with Crippen LogP contribution in [0.15, 0.2) is 6.07 Å². The summed E-state index contributed by atoms with van der Waals surface area (Å²) in [4.78, 5) is 36.8. The Balaban J connectivity index is 2.42. The predicted molar refractivity (Wildman–Crippen MR) is 94.1 cm³/mol. The number of thioether (sulfide) groups is 1. The van der Waals surface area contributed by atoms with Crippen molar-refractivity contribution in [1.29, 1.82) is 0 Å². The first-order valence-electron chi connectivity index (χ1n) is 8.06. The lowest BCUT2D eigenvalue weighted by molar-refractivity contribution is -0.147. The van der Waals surface area contributed by atoms with Crippen molar-refractivity contribution < 1.29 is 34.1 Å². The summed E-state index contributed by atoms with van der Waals surface area (Å²) in [5.41, 5.74) is 0.542. The van der Waals surface area contributed by atoms with E-state index in [2.05, 4.69) is 5.32 Å². The van der Waals surface area contributed by atoms with Gasteiger partial charge in [-0.1, -0.05) is 0 Å². The summed E-state index contributed by atoms with van der Waals surface area (Å²) >= 11 is 1.23. The molecule has 0 bridgehead atoms. The summed E-state index contributed by atoms with van der Waals surface area (Å²) in [6.45, 7) is 4.72. The molecule has 0 fully saturated rings. The number of carbonyl (C=O) groups excluding carboxylic acids is 3. The van der Waals surface area contributed by atoms with E-state index in [1.54, 1.807) is 6.92 Å². The van der Waals surface area contributed by atoms with Gasteiger partial charge >= 0.3 is 11.9 Å². The minimum atomic E-state index is -1.17. The summed E-state index contributed by atoms with van der Waals surface area (Å²) in [5, 5.41) is 22.6. The number of benzene rings is 1. The van der Waals surface area contributed by atoms with Crippen LogP contribution in [0, 0.1) is 6.92 Å². The van der Waals surface area contributed by atoms with Crippen molar-refractivity contribution in [3.63, 3.8) is 0 Å². The molecule has 2 atom stereocenters. The molecule has 1 aliphatic rings. The minimum absolute atomic E-state index is 0.0178. The Morgan fingerprint density at radius 3 is 2.73 bits per heavy atom. The molecule has 1 aromatic rings. The van der Waals surface area contributed by atoms with Crippen LogP contribution in [0.1, 0.15) is 35.3 Å². The van der Waals surface area contributed by atoms with Crippen LogP contribution < -0.4 is 5.32 Å². The summed E-state index contributed by atoms with van der Waals surface area (Å²) in [5.74, 6) is -2.20. The molecule has 0 aromatic heterocycles. The highest BCUT2D eigenvalue weighted by atomic mass is 32.2. The predicted octanol–water partition coefficient (Wildman–Crippen LogP) is 1.25. The van der Waals surface area contributed by atoms with Crippen molar-refractivity contribution in [3.05, 3.63) is 22.8 Å². The Hall–Kier alpha value is -2.42. The Morgan fingerprint density at radius 1 is 1.38 bits per heavy atom. The minimum Gasteiger partial charge on any atom is -0.508 e. The number of ether oxygens (including phenoxy) is 2. The average molecular weight is 383 g/mol. The van der Waals surface area contributed by atoms with E-state index < -0.39 is 30.0 Å². The van der Waals surface area contributed by atoms with E-state index in [1.807, 2.05) is 0 Å². The number of amides is 1. The second kappa shape index (κ2) is 8.31. The molecule has 0 saturated heterocycles. The van der Waals surface area contributed by atoms with Crippen molar-refractivity contribution in [2.75, 3.05) is 12.4 Å². The first-order chi connectivity index (χ1) is 12.3. The third kappa shape index (κ3) is 4.21. The van der Waals surface area contributed by atoms with Gasteiger partial charge in [-0.25, -0.2) is 9.59 Å². The number of phenols is 2. The van der Waals surface area contributed by atoms with Gasteiger partial charge in [0.15, 0.2) is 6.10 Å². The highest BCUT2D eigenvalue weighted by Crippen LogP contribution is 2.35. The fourth-order valence-electron chi connectivity index (χ4n) is 2.48. The fourth-order valence-corrected chi connectivity index (χ4v) is 3.55. The smallest absolute Gasteiger partial charge is 0.339 e. The van der Waals surface area contributed by atoms with E-state index >= 15 is 0 Å². The first kappa shape index (κ1) is 19.9. The van der Waals surface area contributed by atoms with Crippen LogP contribution in [0.5, 0.6) is 11.5 Å². The monoisotopic (exact) mass is 383 g/mol. The molecule has 3 N–H and O–H groups in total. The number of aromatic hydroxyl groups is 2. The van der Waals surface area contributed by atoms with Gasteiger partial charge < -0.3 is 25.0 Å². The molecule has 26 heavy (non-hydrogen) atoms. The first-order valence-corrected chi connectivity index (χ1v) is 9.21. The van der Waals surface area contributed by atoms with E-state index in [-0.39, 0.29) is 46.3 Å². The molecule has 0 radical (unpaired) electrons. The van der Waals surface area contributed by atoms with E-state index in [9.17, 15) is 24.6 Å². The number of cyclic esters (lactones) is 1. The van der Waals surface area contributed by atoms with Gasteiger partial charge in [-0.05, 0) is 20.8 Å². The zero-order chi connectivity index (χ0) is 19.4. The van der Waals surface area contributed by atoms with Gasteiger partial charge in [0.25, 0.3) is 5.91 Å². The molecule has 1 aromatic carbocycles. The van der Waals surface area contributed by atoms with Crippen molar-refractivity contribution >= 4 is 29.6 Å². The number of rotatable bonds is 2. The van der Waals surface area contributed by atoms with Crippen LogP contribution in [-0.4, -0.2) is 52.6 Å². The maximum absolute atomic E-state index is 12.5. The second-order valence-electron chi connectivity index (χ2n) is 5.77. The molecule has 1 amide bonds. The molecule has 1 aliphatic heterocycles. The zero-order valence-corrected chi connectivity index (χ0v) is 15.5. The maximum Gasteiger partial charge on any atom is 0.339 e. The summed E-state index contributed by atoms with van der Waals surface area (Å²) in [6, 6.07) is 0.243. The van der Waals surface area contributed by atoms with Gasteiger partial charge in [0, 0.05) is 28.7 Å². The lowest BCUT2D eigenvalue weighted by atomic mass is 10.0. The number of hydrogen-bond donors (Lipinski definition) is 3. The number of carbonyl (C=O) groups is 3. The highest BCUT2D eigenvalue weighted by Gasteiger charge is 2.30. The van der Waals surface area contributed by atoms with Crippen LogP contribution in [0.25, 0.3) is 0 Å². The Bertz CT molecular complexity index is 734. The van der Waals surface area contributed by atoms with Crippen molar-refractivity contribution in [1.82, 2.24) is 5.32 Å². The Morgan fingerprint density at radius 2 is 2.08 bits per heavy atom. The van der Waals surface area contributed by atoms with E-state index in [0.717, 1.165) is 6.07 Å². The van der Waals surface area contributed by atoms with Crippen molar-refractivity contribution in [3.8, 4) is 11.5 Å². The van der Waals surface area contributed by atoms with Gasteiger partial charge in [-0.3, -0.25) is 4.79 Å². The maximum atomic E-state index is 12.5. The van der Waals surface area contributed by atoms with E-state index in [4.69, 9.17) is 9.47 Å². The standard InChI is InChI=1S/C17H21NO7S/c1-4-24-16(22)11-7-26-6-10-13(20)5-12(19)8(2)14(10)17(23)25-9(3)15(21)18-11/h5,9,11,19-20H,4,6-7H2,1-3H3,(H,18,21)/t9-,11+/m1/s1. The number of phenolic OH excluding ortho intramolecular Hbond substituents is 2. The second-order valence-corrected chi connectivity index (χ2v) is 6.80. The fraction of sp³-hybridized carbons (Fsp3) is 0.471. The molecule has 0 unspecified atom stereocenters. The molecule has 0 saturated carbocycles. The van der Waals surface area contributed by atoms with Gasteiger partial charge in [0.2, 0.25) is 0 Å². The van der Waals surface area contributed by atoms with Gasteiger partial charge in [-0.15, -0.1) is 0 Å². The highest BCUT2D eigenvalue weighted by molar-refractivity contribution is 7.98. The van der Waals surface area contributed by atoms with Gasteiger partial charge in [0.05, 0.1) is 12.2 Å². The Kier molecular flexibility index (Phi) is 6.36. The molecule has 0 spiro atoms. The van der Waals surface area contributed by atoms with Crippen LogP contribution in [-0.2, 0) is 24.8 Å². The number of fused-ring (bicyclic) bond motifs is 1. The largest absolute Gasteiger partial charge is 0.508 e. The van der Waals surface area contributed by atoms with Crippen molar-refractivity contribution in [2.45, 2.75) is 38.7 Å². The number of hydrogen-bond acceptors (Lipinski definition) is 8. The van der Waals surface area contributed by atoms with Crippen LogP contribution in [0.4, 0.5) is 0 Å². The van der Waals surface area contributed by atoms with E-state index in [1.165, 1.54) is 25.6 Å². The third-order valence-electron chi connectivity index (χ3n) is 3.92. The molecule has 9 heteroatoms. The van der Waals surface area contributed by atoms with E-state index in [0.29, 0.717) is 0 Å². The molecule has 8 nitrogen and oxygen atoms in total. The van der Waals surface area contributed by atoms with Gasteiger partial charge in [0.1, 0.15) is 17.5 Å². The Labute approximate surface area is 154 Å². The average Bonchev–Trinajstić information content (AvgIpc) is 2.59. The molecule has 2 rings (SSSR count). The van der Waals surface area contributed by atoms with Crippen LogP contribution >= 0.6 is 11.8 Å². The topological polar surface area (TPSA) is 122 Å². The SMILES string of the molecule is CCOC(=O)[C@@H]1CSCc2c(O)cc(O)c(C)c2C(=O)O[C@H](C)C(=O)N1. The van der Waals surface area contributed by atoms with Gasteiger partial charge in [-0.2, -0.15) is 11.8 Å². The molecular formula is C17H21NO7S. The summed E-state index contributed by atoms with van der Waals surface area (Å²) < 4.78 is 10.1. The molecule has 0 aliphatic carbocycles.